The Kier molecular flexibility index (Phi) is 5.00. The van der Waals surface area contributed by atoms with Gasteiger partial charge in [0.1, 0.15) is 18.7 Å². The maximum absolute atomic E-state index is 12.5. The molecule has 0 aliphatic carbocycles. The Hall–Kier alpha value is -2.07. The zero-order chi connectivity index (χ0) is 18.0. The van der Waals surface area contributed by atoms with E-state index in [1.165, 1.54) is 21.6 Å². The Labute approximate surface area is 144 Å². The second-order valence-electron chi connectivity index (χ2n) is 5.89. The second-order valence-corrected chi connectivity index (χ2v) is 7.88. The lowest BCUT2D eigenvalue weighted by molar-refractivity contribution is 0.120. The van der Waals surface area contributed by atoms with Gasteiger partial charge in [-0.2, -0.15) is 9.40 Å². The van der Waals surface area contributed by atoms with Crippen molar-refractivity contribution in [1.29, 1.82) is 0 Å². The quantitative estimate of drug-likeness (QED) is 0.832. The van der Waals surface area contributed by atoms with E-state index < -0.39 is 23.0 Å². The number of hydrogen-bond donors (Lipinski definition) is 1. The van der Waals surface area contributed by atoms with E-state index in [1.54, 1.807) is 0 Å². The van der Waals surface area contributed by atoms with Gasteiger partial charge in [0.25, 0.3) is 6.43 Å². The zero-order valence-corrected chi connectivity index (χ0v) is 14.5. The van der Waals surface area contributed by atoms with Crippen molar-refractivity contribution >= 4 is 15.7 Å². The van der Waals surface area contributed by atoms with Gasteiger partial charge < -0.3 is 5.32 Å². The molecular formula is C15H19F2N5O2S. The number of nitrogens with zero attached hydrogens (tertiary/aromatic N) is 4. The molecule has 1 N–H and O–H groups in total. The van der Waals surface area contributed by atoms with E-state index in [4.69, 9.17) is 0 Å². The number of rotatable bonds is 6. The summed E-state index contributed by atoms with van der Waals surface area (Å²) in [5.74, 6) is 0.423. The van der Waals surface area contributed by atoms with Crippen molar-refractivity contribution in [2.75, 3.05) is 18.1 Å². The van der Waals surface area contributed by atoms with Gasteiger partial charge in [-0.1, -0.05) is 12.1 Å². The number of sulfonamides is 1. The van der Waals surface area contributed by atoms with Crippen LogP contribution in [-0.2, 0) is 36.1 Å². The molecular weight excluding hydrogens is 352 g/mol. The third-order valence-electron chi connectivity index (χ3n) is 4.14. The van der Waals surface area contributed by atoms with Gasteiger partial charge in [-0.3, -0.25) is 0 Å². The molecule has 0 bridgehead atoms. The Bertz CT molecular complexity index is 853. The lowest BCUT2D eigenvalue weighted by atomic mass is 9.99. The first-order valence-electron chi connectivity index (χ1n) is 7.79. The fraction of sp³-hybridized carbons (Fsp3) is 0.467. The van der Waals surface area contributed by atoms with E-state index in [0.29, 0.717) is 25.3 Å². The summed E-state index contributed by atoms with van der Waals surface area (Å²) in [6.45, 7) is 0.531. The van der Waals surface area contributed by atoms with Gasteiger partial charge in [0, 0.05) is 18.8 Å². The highest BCUT2D eigenvalue weighted by Gasteiger charge is 2.24. The van der Waals surface area contributed by atoms with Gasteiger partial charge in [-0.05, 0) is 23.6 Å². The fourth-order valence-electron chi connectivity index (χ4n) is 2.91. The van der Waals surface area contributed by atoms with Gasteiger partial charge >= 0.3 is 0 Å². The lowest BCUT2D eigenvalue weighted by Crippen LogP contribution is -2.35. The van der Waals surface area contributed by atoms with Crippen molar-refractivity contribution in [3.63, 3.8) is 0 Å². The van der Waals surface area contributed by atoms with Gasteiger partial charge in [-0.15, -0.1) is 0 Å². The summed E-state index contributed by atoms with van der Waals surface area (Å²) in [5.41, 5.74) is 2.84. The summed E-state index contributed by atoms with van der Waals surface area (Å²) in [4.78, 5) is 4.01. The number of aromatic nitrogens is 3. The van der Waals surface area contributed by atoms with Crippen molar-refractivity contribution in [3.8, 4) is 0 Å². The molecule has 1 aromatic carbocycles. The van der Waals surface area contributed by atoms with Crippen LogP contribution >= 0.6 is 0 Å². The third-order valence-corrected chi connectivity index (χ3v) is 5.39. The first kappa shape index (κ1) is 17.7. The van der Waals surface area contributed by atoms with Crippen LogP contribution in [0.15, 0.2) is 24.5 Å². The van der Waals surface area contributed by atoms with Crippen LogP contribution in [0.1, 0.15) is 17.0 Å². The number of alkyl halides is 2. The van der Waals surface area contributed by atoms with Crippen molar-refractivity contribution in [1.82, 2.24) is 19.1 Å². The molecule has 7 nitrogen and oxygen atoms in total. The van der Waals surface area contributed by atoms with Crippen LogP contribution in [0.2, 0.25) is 0 Å². The minimum atomic E-state index is -3.23. The normalized spacial score (nSPS) is 15.4. The molecule has 0 fully saturated rings. The summed E-state index contributed by atoms with van der Waals surface area (Å²) in [6, 6.07) is 5.64. The molecule has 0 amide bonds. The Balaban J connectivity index is 1.74. The largest absolute Gasteiger partial charge is 0.378 e. The van der Waals surface area contributed by atoms with E-state index in [2.05, 4.69) is 15.4 Å². The van der Waals surface area contributed by atoms with Crippen molar-refractivity contribution in [2.45, 2.75) is 32.5 Å². The smallest absolute Gasteiger partial charge is 0.257 e. The number of hydrogen-bond acceptors (Lipinski definition) is 5. The van der Waals surface area contributed by atoms with Crippen LogP contribution < -0.4 is 5.32 Å². The molecule has 2 aromatic rings. The van der Waals surface area contributed by atoms with Crippen LogP contribution in [0.5, 0.6) is 0 Å². The minimum Gasteiger partial charge on any atom is -0.378 e. The molecule has 1 aromatic heterocycles. The van der Waals surface area contributed by atoms with E-state index in [1.807, 2.05) is 18.2 Å². The molecule has 0 saturated heterocycles. The second kappa shape index (κ2) is 7.04. The monoisotopic (exact) mass is 371 g/mol. The number of halogens is 2. The molecule has 136 valence electrons. The first-order chi connectivity index (χ1) is 11.8. The zero-order valence-electron chi connectivity index (χ0n) is 13.7. The minimum absolute atomic E-state index is 0.263. The molecule has 0 atom stereocenters. The standard InChI is InChI=1S/C15H19F2N5O2S/c1-25(23,24)21-6-5-12-11(8-21)3-2-4-13(12)18-7-15-19-10-20-22(15)9-14(16)17/h2-4,10,14,18H,5-9H2,1H3. The molecule has 2 heterocycles. The summed E-state index contributed by atoms with van der Waals surface area (Å²) < 4.78 is 51.1. The SMILES string of the molecule is CS(=O)(=O)N1CCc2c(cccc2NCc2ncnn2CC(F)F)C1. The molecule has 25 heavy (non-hydrogen) atoms. The van der Waals surface area contributed by atoms with Crippen LogP contribution in [-0.4, -0.2) is 46.7 Å². The van der Waals surface area contributed by atoms with Gasteiger partial charge in [0.2, 0.25) is 10.0 Å². The van der Waals surface area contributed by atoms with Gasteiger partial charge in [-0.25, -0.2) is 26.9 Å². The third kappa shape index (κ3) is 4.13. The highest BCUT2D eigenvalue weighted by Crippen LogP contribution is 2.27. The average molecular weight is 371 g/mol. The molecule has 0 unspecified atom stereocenters. The summed E-state index contributed by atoms with van der Waals surface area (Å²) in [5, 5.41) is 7.01. The molecule has 10 heteroatoms. The van der Waals surface area contributed by atoms with Gasteiger partial charge in [0.05, 0.1) is 12.8 Å². The maximum Gasteiger partial charge on any atom is 0.257 e. The predicted molar refractivity (Wildman–Crippen MR) is 88.8 cm³/mol. The highest BCUT2D eigenvalue weighted by molar-refractivity contribution is 7.88. The molecule has 0 spiro atoms. The molecule has 1 aliphatic heterocycles. The average Bonchev–Trinajstić information content (AvgIpc) is 2.97. The topological polar surface area (TPSA) is 80.1 Å². The summed E-state index contributed by atoms with van der Waals surface area (Å²) >= 11 is 0. The Morgan fingerprint density at radius 3 is 2.88 bits per heavy atom. The van der Waals surface area contributed by atoms with Crippen LogP contribution in [0.4, 0.5) is 14.5 Å². The van der Waals surface area contributed by atoms with Crippen LogP contribution in [0, 0.1) is 0 Å². The van der Waals surface area contributed by atoms with Crippen LogP contribution in [0.3, 0.4) is 0 Å². The van der Waals surface area contributed by atoms with Crippen LogP contribution in [0.25, 0.3) is 0 Å². The van der Waals surface area contributed by atoms with E-state index in [0.717, 1.165) is 16.8 Å². The molecule has 1 aliphatic rings. The maximum atomic E-state index is 12.5. The van der Waals surface area contributed by atoms with E-state index in [9.17, 15) is 17.2 Å². The fourth-order valence-corrected chi connectivity index (χ4v) is 3.71. The number of benzene rings is 1. The molecule has 0 radical (unpaired) electrons. The lowest BCUT2D eigenvalue weighted by Gasteiger charge is -2.28. The summed E-state index contributed by atoms with van der Waals surface area (Å²) in [6.07, 6.45) is 0.557. The first-order valence-corrected chi connectivity index (χ1v) is 9.64. The number of fused-ring (bicyclic) bond motifs is 1. The summed E-state index contributed by atoms with van der Waals surface area (Å²) in [7, 11) is -3.23. The van der Waals surface area contributed by atoms with E-state index >= 15 is 0 Å². The van der Waals surface area contributed by atoms with Crippen molar-refractivity contribution in [3.05, 3.63) is 41.5 Å². The predicted octanol–water partition coefficient (Wildman–Crippen LogP) is 1.47. The van der Waals surface area contributed by atoms with E-state index in [-0.39, 0.29) is 6.54 Å². The number of anilines is 1. The highest BCUT2D eigenvalue weighted by atomic mass is 32.2. The number of nitrogens with one attached hydrogen (secondary N) is 1. The van der Waals surface area contributed by atoms with Crippen molar-refractivity contribution in [2.24, 2.45) is 0 Å². The van der Waals surface area contributed by atoms with Gasteiger partial charge in [0.15, 0.2) is 0 Å². The Morgan fingerprint density at radius 2 is 2.16 bits per heavy atom. The Morgan fingerprint density at radius 1 is 1.36 bits per heavy atom. The molecule has 3 rings (SSSR count). The van der Waals surface area contributed by atoms with Crippen molar-refractivity contribution < 1.29 is 17.2 Å². The molecule has 0 saturated carbocycles.